The Kier molecular flexibility index (Phi) is 4.24. The average Bonchev–Trinajstić information content (AvgIpc) is 1.64. The van der Waals surface area contributed by atoms with Gasteiger partial charge in [0.05, 0.1) is 10.9 Å². The maximum absolute atomic E-state index is 8.75. The van der Waals surface area contributed by atoms with E-state index in [0.29, 0.717) is 0 Å². The number of hydrogen-bond acceptors (Lipinski definition) is 2. The molecule has 0 fully saturated rings. The smallest absolute Gasteiger partial charge is 0.123 e. The molecule has 0 saturated carbocycles. The van der Waals surface area contributed by atoms with Crippen LogP contribution in [0.4, 0.5) is 0 Å². The summed E-state index contributed by atoms with van der Waals surface area (Å²) in [6.45, 7) is 1.60. The molecule has 0 aromatic heterocycles. The number of hydrogen-bond donors (Lipinski definition) is 2. The monoisotopic (exact) mass is 246 g/mol. The van der Waals surface area contributed by atoms with E-state index in [4.69, 9.17) is 10.2 Å². The van der Waals surface area contributed by atoms with Gasteiger partial charge in [-0.2, -0.15) is 0 Å². The van der Waals surface area contributed by atoms with Crippen LogP contribution in [-0.4, -0.2) is 26.2 Å². The van der Waals surface area contributed by atoms with Gasteiger partial charge in [0, 0.05) is 0 Å². The Morgan fingerprint density at radius 3 is 1.62 bits per heavy atom. The molecule has 0 aromatic carbocycles. The minimum absolute atomic E-state index is 0.289. The van der Waals surface area contributed by atoms with Crippen molar-refractivity contribution >= 4 is 31.9 Å². The minimum Gasteiger partial charge on any atom is -0.392 e. The summed E-state index contributed by atoms with van der Waals surface area (Å²) in [7, 11) is 0. The van der Waals surface area contributed by atoms with E-state index in [2.05, 4.69) is 31.9 Å². The molecule has 0 aliphatic carbocycles. The number of aliphatic hydroxyl groups excluding tert-OH is 2. The highest BCUT2D eigenvalue weighted by molar-refractivity contribution is 9.12. The van der Waals surface area contributed by atoms with E-state index in [1.165, 1.54) is 0 Å². The summed E-state index contributed by atoms with van der Waals surface area (Å²) in [5.74, 6) is 0. The Morgan fingerprint density at radius 1 is 1.25 bits per heavy atom. The van der Waals surface area contributed by atoms with Gasteiger partial charge in [0.2, 0.25) is 0 Å². The summed E-state index contributed by atoms with van der Waals surface area (Å²) in [4.78, 5) is -0.289. The van der Waals surface area contributed by atoms with Crippen LogP contribution in [0, 0.1) is 0 Å². The Hall–Kier alpha value is 0.880. The van der Waals surface area contributed by atoms with Crippen LogP contribution in [0.2, 0.25) is 0 Å². The number of halogens is 2. The lowest BCUT2D eigenvalue weighted by Crippen LogP contribution is -2.25. The molecule has 3 atom stereocenters. The van der Waals surface area contributed by atoms with Gasteiger partial charge >= 0.3 is 0 Å². The first kappa shape index (κ1) is 8.88. The third kappa shape index (κ3) is 3.02. The van der Waals surface area contributed by atoms with E-state index in [0.717, 1.165) is 0 Å². The fraction of sp³-hybridized carbons (Fsp3) is 1.00. The molecule has 0 aliphatic rings. The third-order valence-corrected chi connectivity index (χ3v) is 3.27. The minimum atomic E-state index is -0.678. The topological polar surface area (TPSA) is 40.5 Å². The third-order valence-electron chi connectivity index (χ3n) is 0.724. The highest BCUT2D eigenvalue weighted by Gasteiger charge is 2.16. The lowest BCUT2D eigenvalue weighted by Gasteiger charge is -2.13. The van der Waals surface area contributed by atoms with Crippen molar-refractivity contribution < 1.29 is 10.2 Å². The van der Waals surface area contributed by atoms with E-state index < -0.39 is 11.1 Å². The molecule has 0 aromatic rings. The van der Waals surface area contributed by atoms with E-state index >= 15 is 0 Å². The van der Waals surface area contributed by atoms with Crippen molar-refractivity contribution in [2.24, 2.45) is 0 Å². The van der Waals surface area contributed by atoms with E-state index in [1.54, 1.807) is 6.92 Å². The summed E-state index contributed by atoms with van der Waals surface area (Å²) in [6, 6.07) is 0. The SMILES string of the molecule is CC(O)C(Br)C(O)Br. The highest BCUT2D eigenvalue weighted by Crippen LogP contribution is 2.14. The molecule has 2 nitrogen and oxygen atoms in total. The molecule has 0 heterocycles. The van der Waals surface area contributed by atoms with Gasteiger partial charge in [0.1, 0.15) is 5.01 Å². The molecule has 0 spiro atoms. The summed E-state index contributed by atoms with van der Waals surface area (Å²) >= 11 is 5.95. The zero-order chi connectivity index (χ0) is 6.73. The molecule has 0 rings (SSSR count). The lowest BCUT2D eigenvalue weighted by molar-refractivity contribution is 0.148. The van der Waals surface area contributed by atoms with Crippen molar-refractivity contribution in [2.75, 3.05) is 0 Å². The van der Waals surface area contributed by atoms with Crippen LogP contribution in [0.15, 0.2) is 0 Å². The van der Waals surface area contributed by atoms with Crippen LogP contribution < -0.4 is 0 Å². The van der Waals surface area contributed by atoms with E-state index in [9.17, 15) is 0 Å². The largest absolute Gasteiger partial charge is 0.392 e. The summed E-state index contributed by atoms with van der Waals surface area (Å²) in [6.07, 6.45) is -0.538. The van der Waals surface area contributed by atoms with Crippen molar-refractivity contribution in [2.45, 2.75) is 22.9 Å². The maximum Gasteiger partial charge on any atom is 0.123 e. The number of alkyl halides is 2. The zero-order valence-electron chi connectivity index (χ0n) is 4.38. The molecule has 2 N–H and O–H groups in total. The summed E-state index contributed by atoms with van der Waals surface area (Å²) in [5.41, 5.74) is 0. The first-order valence-electron chi connectivity index (χ1n) is 2.20. The molecule has 0 saturated heterocycles. The van der Waals surface area contributed by atoms with E-state index in [1.807, 2.05) is 0 Å². The van der Waals surface area contributed by atoms with Gasteiger partial charge in [0.15, 0.2) is 0 Å². The Balaban J connectivity index is 3.46. The number of aliphatic hydroxyl groups is 2. The molecule has 8 heavy (non-hydrogen) atoms. The molecule has 4 heteroatoms. The molecule has 0 bridgehead atoms. The van der Waals surface area contributed by atoms with Crippen LogP contribution in [0.25, 0.3) is 0 Å². The average molecular weight is 248 g/mol. The van der Waals surface area contributed by atoms with Crippen molar-refractivity contribution in [3.05, 3.63) is 0 Å². The standard InChI is InChI=1S/C4H8Br2O2/c1-2(7)3(5)4(6)8/h2-4,7-8H,1H3. The van der Waals surface area contributed by atoms with Crippen LogP contribution in [0.1, 0.15) is 6.92 Å². The van der Waals surface area contributed by atoms with Gasteiger partial charge in [-0.05, 0) is 6.92 Å². The summed E-state index contributed by atoms with van der Waals surface area (Å²) < 4.78 is 0. The van der Waals surface area contributed by atoms with Crippen LogP contribution in [0.5, 0.6) is 0 Å². The molecule has 0 radical (unpaired) electrons. The number of rotatable bonds is 2. The van der Waals surface area contributed by atoms with Crippen molar-refractivity contribution in [3.8, 4) is 0 Å². The normalized spacial score (nSPS) is 22.1. The first-order valence-corrected chi connectivity index (χ1v) is 4.03. The van der Waals surface area contributed by atoms with Crippen LogP contribution in [-0.2, 0) is 0 Å². The quantitative estimate of drug-likeness (QED) is 0.711. The van der Waals surface area contributed by atoms with Crippen LogP contribution in [0.3, 0.4) is 0 Å². The molecule has 0 amide bonds. The summed E-state index contributed by atoms with van der Waals surface area (Å²) in [5, 5.41) is 16.8. The fourth-order valence-electron chi connectivity index (χ4n) is 0.230. The van der Waals surface area contributed by atoms with Crippen molar-refractivity contribution in [1.29, 1.82) is 0 Å². The lowest BCUT2D eigenvalue weighted by atomic mass is 10.3. The molecule has 3 unspecified atom stereocenters. The zero-order valence-corrected chi connectivity index (χ0v) is 7.55. The van der Waals surface area contributed by atoms with Gasteiger partial charge in [-0.3, -0.25) is 0 Å². The second-order valence-corrected chi connectivity index (χ2v) is 3.55. The van der Waals surface area contributed by atoms with Crippen molar-refractivity contribution in [3.63, 3.8) is 0 Å². The molecule has 0 aliphatic heterocycles. The maximum atomic E-state index is 8.75. The predicted molar refractivity (Wildman–Crippen MR) is 39.3 cm³/mol. The molecular weight excluding hydrogens is 240 g/mol. The van der Waals surface area contributed by atoms with Crippen molar-refractivity contribution in [1.82, 2.24) is 0 Å². The fourth-order valence-corrected chi connectivity index (χ4v) is 0.672. The van der Waals surface area contributed by atoms with E-state index in [-0.39, 0.29) is 4.83 Å². The van der Waals surface area contributed by atoms with Gasteiger partial charge in [-0.15, -0.1) is 0 Å². The molecular formula is C4H8Br2O2. The van der Waals surface area contributed by atoms with Gasteiger partial charge in [-0.1, -0.05) is 31.9 Å². The second kappa shape index (κ2) is 3.82. The van der Waals surface area contributed by atoms with Gasteiger partial charge < -0.3 is 10.2 Å². The second-order valence-electron chi connectivity index (χ2n) is 1.56. The molecule has 50 valence electrons. The Labute approximate surface area is 65.2 Å². The highest BCUT2D eigenvalue weighted by atomic mass is 79.9. The predicted octanol–water partition coefficient (Wildman–Crippen LogP) is 0.844. The Morgan fingerprint density at radius 2 is 1.62 bits per heavy atom. The van der Waals surface area contributed by atoms with Gasteiger partial charge in [-0.25, -0.2) is 0 Å². The Bertz CT molecular complexity index is 57.1. The first-order chi connectivity index (χ1) is 3.55. The van der Waals surface area contributed by atoms with Gasteiger partial charge in [0.25, 0.3) is 0 Å². The van der Waals surface area contributed by atoms with Crippen LogP contribution >= 0.6 is 31.9 Å².